The van der Waals surface area contributed by atoms with E-state index in [1.54, 1.807) is 16.4 Å². The Morgan fingerprint density at radius 1 is 1.25 bits per heavy atom. The molecular formula is C12H17NO2S. The molecule has 2 rings (SSSR count). The molecule has 1 fully saturated rings. The number of hydrogen-bond acceptors (Lipinski definition) is 2. The van der Waals surface area contributed by atoms with E-state index in [1.807, 2.05) is 26.0 Å². The first kappa shape index (κ1) is 11.6. The summed E-state index contributed by atoms with van der Waals surface area (Å²) in [6, 6.07) is 7.19. The molecule has 4 heteroatoms. The minimum absolute atomic E-state index is 0.131. The van der Waals surface area contributed by atoms with Crippen LogP contribution < -0.4 is 0 Å². The molecule has 16 heavy (non-hydrogen) atoms. The van der Waals surface area contributed by atoms with Crippen molar-refractivity contribution >= 4 is 10.0 Å². The van der Waals surface area contributed by atoms with Crippen LogP contribution in [0.3, 0.4) is 0 Å². The maximum absolute atomic E-state index is 12.3. The molecule has 0 N–H and O–H groups in total. The zero-order valence-electron chi connectivity index (χ0n) is 9.68. The van der Waals surface area contributed by atoms with Gasteiger partial charge in [-0.3, -0.25) is 0 Å². The van der Waals surface area contributed by atoms with Crippen LogP contribution in [0.4, 0.5) is 0 Å². The van der Waals surface area contributed by atoms with E-state index in [4.69, 9.17) is 0 Å². The van der Waals surface area contributed by atoms with Gasteiger partial charge in [0.15, 0.2) is 0 Å². The van der Waals surface area contributed by atoms with Crippen LogP contribution in [0.15, 0.2) is 29.2 Å². The van der Waals surface area contributed by atoms with Crippen molar-refractivity contribution in [1.29, 1.82) is 0 Å². The monoisotopic (exact) mass is 239 g/mol. The largest absolute Gasteiger partial charge is 0.243 e. The second kappa shape index (κ2) is 4.18. The Balaban J connectivity index is 2.35. The Kier molecular flexibility index (Phi) is 3.04. The van der Waals surface area contributed by atoms with Crippen LogP contribution in [-0.4, -0.2) is 25.3 Å². The predicted molar refractivity (Wildman–Crippen MR) is 63.8 cm³/mol. The van der Waals surface area contributed by atoms with Gasteiger partial charge in [0.05, 0.1) is 4.90 Å². The molecule has 1 aliphatic heterocycles. The van der Waals surface area contributed by atoms with Crippen LogP contribution in [0.1, 0.15) is 25.3 Å². The third-order valence-corrected chi connectivity index (χ3v) is 5.15. The summed E-state index contributed by atoms with van der Waals surface area (Å²) in [5.74, 6) is 0. The van der Waals surface area contributed by atoms with Gasteiger partial charge in [-0.2, -0.15) is 4.31 Å². The quantitative estimate of drug-likeness (QED) is 0.793. The van der Waals surface area contributed by atoms with E-state index in [1.165, 1.54) is 0 Å². The SMILES string of the molecule is Cc1ccc(S(=O)(=O)N2CCC[C@H]2C)cc1. The highest BCUT2D eigenvalue weighted by Gasteiger charge is 2.32. The highest BCUT2D eigenvalue weighted by atomic mass is 32.2. The Morgan fingerprint density at radius 3 is 2.38 bits per heavy atom. The van der Waals surface area contributed by atoms with Gasteiger partial charge in [0.25, 0.3) is 0 Å². The molecule has 1 aromatic carbocycles. The van der Waals surface area contributed by atoms with Crippen LogP contribution in [0.2, 0.25) is 0 Å². The molecule has 0 unspecified atom stereocenters. The number of nitrogens with zero attached hydrogens (tertiary/aromatic N) is 1. The van der Waals surface area contributed by atoms with Crippen LogP contribution in [0.25, 0.3) is 0 Å². The van der Waals surface area contributed by atoms with Gasteiger partial charge in [-0.05, 0) is 38.8 Å². The van der Waals surface area contributed by atoms with Gasteiger partial charge in [0, 0.05) is 12.6 Å². The van der Waals surface area contributed by atoms with Crippen molar-refractivity contribution in [2.45, 2.75) is 37.6 Å². The summed E-state index contributed by atoms with van der Waals surface area (Å²) >= 11 is 0. The summed E-state index contributed by atoms with van der Waals surface area (Å²) in [5.41, 5.74) is 1.08. The number of hydrogen-bond donors (Lipinski definition) is 0. The van der Waals surface area contributed by atoms with E-state index in [0.29, 0.717) is 11.4 Å². The van der Waals surface area contributed by atoms with Gasteiger partial charge in [-0.25, -0.2) is 8.42 Å². The molecule has 0 aliphatic carbocycles. The van der Waals surface area contributed by atoms with E-state index < -0.39 is 10.0 Å². The van der Waals surface area contributed by atoms with Gasteiger partial charge >= 0.3 is 0 Å². The molecule has 1 saturated heterocycles. The van der Waals surface area contributed by atoms with Crippen LogP contribution in [-0.2, 0) is 10.0 Å². The first-order chi connectivity index (χ1) is 7.51. The van der Waals surface area contributed by atoms with Crippen molar-refractivity contribution in [2.24, 2.45) is 0 Å². The van der Waals surface area contributed by atoms with Crippen molar-refractivity contribution in [3.63, 3.8) is 0 Å². The van der Waals surface area contributed by atoms with Crippen LogP contribution in [0.5, 0.6) is 0 Å². The molecule has 1 atom stereocenters. The summed E-state index contributed by atoms with van der Waals surface area (Å²) in [7, 11) is -3.27. The topological polar surface area (TPSA) is 37.4 Å². The molecule has 0 amide bonds. The first-order valence-electron chi connectivity index (χ1n) is 5.60. The fraction of sp³-hybridized carbons (Fsp3) is 0.500. The number of aryl methyl sites for hydroxylation is 1. The number of sulfonamides is 1. The van der Waals surface area contributed by atoms with Crippen LogP contribution in [0, 0.1) is 6.92 Å². The third-order valence-electron chi connectivity index (χ3n) is 3.12. The minimum Gasteiger partial charge on any atom is -0.207 e. The Morgan fingerprint density at radius 2 is 1.88 bits per heavy atom. The van der Waals surface area contributed by atoms with E-state index in [2.05, 4.69) is 0 Å². The third kappa shape index (κ3) is 1.99. The van der Waals surface area contributed by atoms with Crippen LogP contribution >= 0.6 is 0 Å². The zero-order chi connectivity index (χ0) is 11.8. The van der Waals surface area contributed by atoms with E-state index in [0.717, 1.165) is 18.4 Å². The van der Waals surface area contributed by atoms with Gasteiger partial charge in [-0.1, -0.05) is 17.7 Å². The van der Waals surface area contributed by atoms with Gasteiger partial charge in [0.1, 0.15) is 0 Å². The molecule has 0 radical (unpaired) electrons. The Labute approximate surface area is 97.1 Å². The van der Waals surface area contributed by atoms with Crippen molar-refractivity contribution in [2.75, 3.05) is 6.54 Å². The van der Waals surface area contributed by atoms with E-state index in [9.17, 15) is 8.42 Å². The van der Waals surface area contributed by atoms with Gasteiger partial charge < -0.3 is 0 Å². The molecule has 0 aromatic heterocycles. The minimum atomic E-state index is -3.27. The second-order valence-electron chi connectivity index (χ2n) is 4.42. The average Bonchev–Trinajstić information content (AvgIpc) is 2.66. The molecule has 0 saturated carbocycles. The number of benzene rings is 1. The van der Waals surface area contributed by atoms with Crippen molar-refractivity contribution < 1.29 is 8.42 Å². The summed E-state index contributed by atoms with van der Waals surface area (Å²) in [6.07, 6.45) is 1.93. The highest BCUT2D eigenvalue weighted by molar-refractivity contribution is 7.89. The van der Waals surface area contributed by atoms with Gasteiger partial charge in [-0.15, -0.1) is 0 Å². The molecule has 0 bridgehead atoms. The Bertz CT molecular complexity index is 464. The predicted octanol–water partition coefficient (Wildman–Crippen LogP) is 2.17. The molecule has 1 heterocycles. The summed E-state index contributed by atoms with van der Waals surface area (Å²) in [6.45, 7) is 4.57. The summed E-state index contributed by atoms with van der Waals surface area (Å²) < 4.78 is 26.2. The van der Waals surface area contributed by atoms with E-state index in [-0.39, 0.29) is 6.04 Å². The Hall–Kier alpha value is -0.870. The molecule has 3 nitrogen and oxygen atoms in total. The lowest BCUT2D eigenvalue weighted by atomic mass is 10.2. The molecule has 88 valence electrons. The maximum Gasteiger partial charge on any atom is 0.243 e. The van der Waals surface area contributed by atoms with Crippen molar-refractivity contribution in [3.05, 3.63) is 29.8 Å². The highest BCUT2D eigenvalue weighted by Crippen LogP contribution is 2.25. The fourth-order valence-electron chi connectivity index (χ4n) is 2.11. The summed E-state index contributed by atoms with van der Waals surface area (Å²) in [4.78, 5) is 0.409. The normalized spacial score (nSPS) is 22.5. The lowest BCUT2D eigenvalue weighted by Gasteiger charge is -2.20. The standard InChI is InChI=1S/C12H17NO2S/c1-10-5-7-12(8-6-10)16(14,15)13-9-3-4-11(13)2/h5-8,11H,3-4,9H2,1-2H3/t11-/m1/s1. The second-order valence-corrected chi connectivity index (χ2v) is 6.31. The van der Waals surface area contributed by atoms with Crippen molar-refractivity contribution in [3.8, 4) is 0 Å². The smallest absolute Gasteiger partial charge is 0.207 e. The lowest BCUT2D eigenvalue weighted by molar-refractivity contribution is 0.408. The molecular weight excluding hydrogens is 222 g/mol. The molecule has 1 aliphatic rings. The first-order valence-corrected chi connectivity index (χ1v) is 7.04. The zero-order valence-corrected chi connectivity index (χ0v) is 10.5. The van der Waals surface area contributed by atoms with Gasteiger partial charge in [0.2, 0.25) is 10.0 Å². The number of rotatable bonds is 2. The summed E-state index contributed by atoms with van der Waals surface area (Å²) in [5, 5.41) is 0. The fourth-order valence-corrected chi connectivity index (χ4v) is 3.81. The average molecular weight is 239 g/mol. The van der Waals surface area contributed by atoms with Crippen molar-refractivity contribution in [1.82, 2.24) is 4.31 Å². The van der Waals surface area contributed by atoms with E-state index >= 15 is 0 Å². The molecule has 0 spiro atoms. The lowest BCUT2D eigenvalue weighted by Crippen LogP contribution is -2.33. The molecule has 1 aromatic rings. The maximum atomic E-state index is 12.3.